The van der Waals surface area contributed by atoms with E-state index in [1.165, 1.54) is 13.0 Å². The first kappa shape index (κ1) is 22.3. The van der Waals surface area contributed by atoms with Crippen LogP contribution >= 0.6 is 34.8 Å². The van der Waals surface area contributed by atoms with E-state index >= 15 is 0 Å². The molecule has 1 aromatic rings. The summed E-state index contributed by atoms with van der Waals surface area (Å²) in [5, 5.41) is 5.40. The van der Waals surface area contributed by atoms with E-state index in [4.69, 9.17) is 39.5 Å². The van der Waals surface area contributed by atoms with E-state index in [0.29, 0.717) is 13.0 Å². The Kier molecular flexibility index (Phi) is 8.92. The molecule has 0 saturated carbocycles. The SMILES string of the molecule is CCCOC(=O)C(=CNc1cc(Cl)c(Cl)c(C(=O)NCC)c1Cl)C(C)=O. The molecule has 0 bridgehead atoms. The lowest BCUT2D eigenvalue weighted by Gasteiger charge is -2.13. The van der Waals surface area contributed by atoms with Crippen molar-refractivity contribution in [2.45, 2.75) is 27.2 Å². The minimum Gasteiger partial charge on any atom is -0.462 e. The summed E-state index contributed by atoms with van der Waals surface area (Å²) < 4.78 is 4.96. The van der Waals surface area contributed by atoms with Crippen molar-refractivity contribution in [1.82, 2.24) is 5.32 Å². The minimum absolute atomic E-state index is 0.00322. The molecule has 1 amide bonds. The summed E-state index contributed by atoms with van der Waals surface area (Å²) >= 11 is 18.4. The molecule has 0 fully saturated rings. The highest BCUT2D eigenvalue weighted by atomic mass is 35.5. The Hall–Kier alpha value is -1.76. The molecule has 0 aliphatic rings. The Morgan fingerprint density at radius 1 is 1.15 bits per heavy atom. The number of carbonyl (C=O) groups is 3. The van der Waals surface area contributed by atoms with Crippen LogP contribution in [0.1, 0.15) is 37.6 Å². The molecule has 6 nitrogen and oxygen atoms in total. The van der Waals surface area contributed by atoms with Gasteiger partial charge in [-0.05, 0) is 26.3 Å². The Labute approximate surface area is 166 Å². The third-order valence-corrected chi connectivity index (χ3v) is 4.31. The largest absolute Gasteiger partial charge is 0.462 e. The van der Waals surface area contributed by atoms with E-state index in [0.717, 1.165) is 6.20 Å². The van der Waals surface area contributed by atoms with Crippen LogP contribution in [-0.4, -0.2) is 30.8 Å². The fraction of sp³-hybridized carbons (Fsp3) is 0.353. The summed E-state index contributed by atoms with van der Waals surface area (Å²) in [6.07, 6.45) is 1.78. The van der Waals surface area contributed by atoms with Crippen LogP contribution in [0.5, 0.6) is 0 Å². The number of carbonyl (C=O) groups excluding carboxylic acids is 3. The molecule has 0 radical (unpaired) electrons. The number of amides is 1. The van der Waals surface area contributed by atoms with E-state index in [1.54, 1.807) is 6.92 Å². The average Bonchev–Trinajstić information content (AvgIpc) is 2.57. The highest BCUT2D eigenvalue weighted by Gasteiger charge is 2.21. The fourth-order valence-electron chi connectivity index (χ4n) is 1.88. The highest BCUT2D eigenvalue weighted by Crippen LogP contribution is 2.37. The van der Waals surface area contributed by atoms with Gasteiger partial charge in [0.2, 0.25) is 0 Å². The fourth-order valence-corrected chi connectivity index (χ4v) is 2.66. The van der Waals surface area contributed by atoms with Crippen molar-refractivity contribution in [2.24, 2.45) is 0 Å². The van der Waals surface area contributed by atoms with E-state index in [9.17, 15) is 14.4 Å². The highest BCUT2D eigenvalue weighted by molar-refractivity contribution is 6.47. The Morgan fingerprint density at radius 2 is 1.81 bits per heavy atom. The van der Waals surface area contributed by atoms with Gasteiger partial charge in [-0.1, -0.05) is 41.7 Å². The molecule has 0 aromatic heterocycles. The van der Waals surface area contributed by atoms with Gasteiger partial charge in [0.25, 0.3) is 5.91 Å². The molecule has 0 heterocycles. The number of anilines is 1. The summed E-state index contributed by atoms with van der Waals surface area (Å²) in [5.41, 5.74) is 0.0148. The topological polar surface area (TPSA) is 84.5 Å². The summed E-state index contributed by atoms with van der Waals surface area (Å²) in [5.74, 6) is -1.74. The molecule has 9 heteroatoms. The second kappa shape index (κ2) is 10.4. The molecular weight excluding hydrogens is 403 g/mol. The summed E-state index contributed by atoms with van der Waals surface area (Å²) in [6, 6.07) is 1.39. The van der Waals surface area contributed by atoms with Gasteiger partial charge < -0.3 is 15.4 Å². The number of ketones is 1. The zero-order valence-corrected chi connectivity index (χ0v) is 16.8. The number of hydrogen-bond donors (Lipinski definition) is 2. The summed E-state index contributed by atoms with van der Waals surface area (Å²) in [7, 11) is 0. The third-order valence-electron chi connectivity index (χ3n) is 3.13. The lowest BCUT2D eigenvalue weighted by molar-refractivity contribution is -0.140. The first-order valence-corrected chi connectivity index (χ1v) is 8.98. The van der Waals surface area contributed by atoms with Crippen molar-refractivity contribution >= 4 is 58.1 Å². The molecule has 0 atom stereocenters. The van der Waals surface area contributed by atoms with Gasteiger partial charge in [-0.25, -0.2) is 4.79 Å². The molecule has 0 aliphatic carbocycles. The van der Waals surface area contributed by atoms with E-state index in [2.05, 4.69) is 10.6 Å². The second-order valence-electron chi connectivity index (χ2n) is 5.16. The van der Waals surface area contributed by atoms with Crippen LogP contribution in [-0.2, 0) is 14.3 Å². The van der Waals surface area contributed by atoms with Crippen molar-refractivity contribution in [3.8, 4) is 0 Å². The third kappa shape index (κ3) is 5.62. The van der Waals surface area contributed by atoms with Crippen molar-refractivity contribution in [2.75, 3.05) is 18.5 Å². The lowest BCUT2D eigenvalue weighted by Crippen LogP contribution is -2.23. The van der Waals surface area contributed by atoms with Crippen molar-refractivity contribution in [3.63, 3.8) is 0 Å². The van der Waals surface area contributed by atoms with Crippen molar-refractivity contribution in [1.29, 1.82) is 0 Å². The first-order chi connectivity index (χ1) is 12.2. The molecule has 0 unspecified atom stereocenters. The number of esters is 1. The zero-order chi connectivity index (χ0) is 19.9. The van der Waals surface area contributed by atoms with Gasteiger partial charge in [0.05, 0.1) is 32.9 Å². The smallest absolute Gasteiger partial charge is 0.343 e. The van der Waals surface area contributed by atoms with E-state index in [1.807, 2.05) is 6.92 Å². The van der Waals surface area contributed by atoms with Crippen LogP contribution in [0.3, 0.4) is 0 Å². The average molecular weight is 422 g/mol. The number of halogens is 3. The van der Waals surface area contributed by atoms with Crippen molar-refractivity contribution in [3.05, 3.63) is 38.5 Å². The van der Waals surface area contributed by atoms with Gasteiger partial charge in [-0.15, -0.1) is 0 Å². The van der Waals surface area contributed by atoms with Crippen LogP contribution in [0, 0.1) is 0 Å². The maximum Gasteiger partial charge on any atom is 0.343 e. The number of ether oxygens (including phenoxy) is 1. The van der Waals surface area contributed by atoms with Crippen LogP contribution in [0.25, 0.3) is 0 Å². The number of nitrogens with one attached hydrogen (secondary N) is 2. The minimum atomic E-state index is -0.757. The molecule has 0 saturated heterocycles. The molecule has 26 heavy (non-hydrogen) atoms. The molecule has 1 rings (SSSR count). The Bertz CT molecular complexity index is 748. The Morgan fingerprint density at radius 3 is 2.35 bits per heavy atom. The first-order valence-electron chi connectivity index (χ1n) is 7.84. The molecule has 0 spiro atoms. The van der Waals surface area contributed by atoms with E-state index < -0.39 is 17.7 Å². The molecule has 1 aromatic carbocycles. The second-order valence-corrected chi connectivity index (χ2v) is 6.33. The number of benzene rings is 1. The number of rotatable bonds is 8. The molecule has 2 N–H and O–H groups in total. The van der Waals surface area contributed by atoms with Crippen LogP contribution in [0.4, 0.5) is 5.69 Å². The summed E-state index contributed by atoms with van der Waals surface area (Å²) in [6.45, 7) is 5.38. The van der Waals surface area contributed by atoms with E-state index in [-0.39, 0.29) is 38.5 Å². The lowest BCUT2D eigenvalue weighted by atomic mass is 10.1. The molecule has 142 valence electrons. The van der Waals surface area contributed by atoms with Crippen LogP contribution in [0.15, 0.2) is 17.8 Å². The zero-order valence-electron chi connectivity index (χ0n) is 14.5. The Balaban J connectivity index is 3.25. The van der Waals surface area contributed by atoms with Crippen molar-refractivity contribution < 1.29 is 19.1 Å². The quantitative estimate of drug-likeness (QED) is 0.216. The molecule has 0 aliphatic heterocycles. The summed E-state index contributed by atoms with van der Waals surface area (Å²) in [4.78, 5) is 35.8. The maximum atomic E-state index is 12.2. The van der Waals surface area contributed by atoms with Crippen LogP contribution in [0.2, 0.25) is 15.1 Å². The maximum absolute atomic E-state index is 12.2. The van der Waals surface area contributed by atoms with Gasteiger partial charge >= 0.3 is 5.97 Å². The van der Waals surface area contributed by atoms with Gasteiger partial charge in [-0.2, -0.15) is 0 Å². The van der Waals surface area contributed by atoms with Gasteiger partial charge in [0, 0.05) is 12.7 Å². The van der Waals surface area contributed by atoms with Gasteiger partial charge in [0.15, 0.2) is 5.78 Å². The number of Topliss-reactive ketones (excluding diaryl/α,β-unsaturated/α-hetero) is 1. The van der Waals surface area contributed by atoms with Crippen LogP contribution < -0.4 is 10.6 Å². The predicted molar refractivity (Wildman–Crippen MR) is 103 cm³/mol. The van der Waals surface area contributed by atoms with Gasteiger partial charge in [0.1, 0.15) is 5.57 Å². The van der Waals surface area contributed by atoms with Gasteiger partial charge in [-0.3, -0.25) is 9.59 Å². The predicted octanol–water partition coefficient (Wildman–Crippen LogP) is 4.23. The normalized spacial score (nSPS) is 11.1. The number of hydrogen-bond acceptors (Lipinski definition) is 5. The molecular formula is C17H19Cl3N2O4. The monoisotopic (exact) mass is 420 g/mol. The standard InChI is InChI=1S/C17H19Cl3N2O4/c1-4-6-26-17(25)10(9(3)23)8-22-12-7-11(18)14(19)13(15(12)20)16(24)21-5-2/h7-8,22H,4-6H2,1-3H3,(H,21,24).